The van der Waals surface area contributed by atoms with Gasteiger partial charge >= 0.3 is 0 Å². The molecule has 12 aromatic rings. The molecule has 0 bridgehead atoms. The SMILES string of the molecule is Cc1ccc(-c2ccc3c4ccc(-c5ccc(C)cc5C)cc4n(-c4cncc(-n5c6cc(-c7ccc(C)cc7C)ccc6c6ccc(-c7ccc(C)cc7C)cc65)c4-c4cccc(C#N)c4)c3c2)c(C)c1. The van der Waals surface area contributed by atoms with E-state index in [1.807, 2.05) is 30.6 Å². The molecule has 9 aromatic carbocycles. The van der Waals surface area contributed by atoms with Crippen molar-refractivity contribution in [2.24, 2.45) is 0 Å². The number of rotatable bonds is 7. The minimum Gasteiger partial charge on any atom is -0.307 e. The molecule has 0 aliphatic carbocycles. The first kappa shape index (κ1) is 44.4. The van der Waals surface area contributed by atoms with Crippen molar-refractivity contribution in [2.45, 2.75) is 55.4 Å². The maximum atomic E-state index is 10.5. The number of fused-ring (bicyclic) bond motifs is 6. The van der Waals surface area contributed by atoms with E-state index in [0.717, 1.165) is 88.4 Å². The van der Waals surface area contributed by atoms with E-state index in [1.165, 1.54) is 66.8 Å². The molecule has 0 unspecified atom stereocenters. The fraction of sp³-hybridized carbons (Fsp3) is 0.118. The van der Waals surface area contributed by atoms with Gasteiger partial charge in [-0.05, 0) is 164 Å². The Kier molecular flexibility index (Phi) is 10.7. The van der Waals surface area contributed by atoms with E-state index in [9.17, 15) is 5.26 Å². The highest BCUT2D eigenvalue weighted by molar-refractivity contribution is 6.14. The summed E-state index contributed by atoms with van der Waals surface area (Å²) in [7, 11) is 0. The Balaban J connectivity index is 1.23. The molecule has 0 amide bonds. The Labute approximate surface area is 421 Å². The predicted molar refractivity (Wildman–Crippen MR) is 303 cm³/mol. The van der Waals surface area contributed by atoms with Crippen LogP contribution in [-0.2, 0) is 0 Å². The molecule has 0 atom stereocenters. The average Bonchev–Trinajstić information content (AvgIpc) is 3.87. The minimum atomic E-state index is 0.592. The maximum absolute atomic E-state index is 10.5. The van der Waals surface area contributed by atoms with Gasteiger partial charge in [0.1, 0.15) is 0 Å². The summed E-state index contributed by atoms with van der Waals surface area (Å²) in [5.41, 5.74) is 28.0. The number of hydrogen-bond donors (Lipinski definition) is 0. The van der Waals surface area contributed by atoms with Crippen LogP contribution in [0.4, 0.5) is 0 Å². The van der Waals surface area contributed by atoms with E-state index in [-0.39, 0.29) is 0 Å². The summed E-state index contributed by atoms with van der Waals surface area (Å²) in [5, 5.41) is 15.1. The maximum Gasteiger partial charge on any atom is 0.0991 e. The molecule has 72 heavy (non-hydrogen) atoms. The van der Waals surface area contributed by atoms with Gasteiger partial charge in [-0.1, -0.05) is 156 Å². The van der Waals surface area contributed by atoms with Gasteiger partial charge in [-0.25, -0.2) is 0 Å². The highest BCUT2D eigenvalue weighted by Crippen LogP contribution is 2.45. The van der Waals surface area contributed by atoms with Crippen molar-refractivity contribution >= 4 is 43.6 Å². The van der Waals surface area contributed by atoms with Crippen LogP contribution < -0.4 is 0 Å². The normalized spacial score (nSPS) is 11.6. The van der Waals surface area contributed by atoms with E-state index in [2.05, 4.69) is 222 Å². The van der Waals surface area contributed by atoms with Gasteiger partial charge in [0.15, 0.2) is 0 Å². The van der Waals surface area contributed by atoms with E-state index >= 15 is 0 Å². The molecule has 4 nitrogen and oxygen atoms in total. The summed E-state index contributed by atoms with van der Waals surface area (Å²) in [4.78, 5) is 5.26. The third-order valence-electron chi connectivity index (χ3n) is 15.0. The molecule has 3 heterocycles. The van der Waals surface area contributed by atoms with E-state index in [1.54, 1.807) is 0 Å². The molecule has 0 N–H and O–H groups in total. The number of pyridine rings is 1. The molecule has 0 aliphatic heterocycles. The second kappa shape index (κ2) is 17.3. The van der Waals surface area contributed by atoms with Crippen LogP contribution in [0.25, 0.3) is 111 Å². The average molecular weight is 927 g/mol. The first-order chi connectivity index (χ1) is 34.9. The Bertz CT molecular complexity index is 3800. The Morgan fingerprint density at radius 2 is 0.681 bits per heavy atom. The smallest absolute Gasteiger partial charge is 0.0991 e. The van der Waals surface area contributed by atoms with Crippen LogP contribution in [0, 0.1) is 66.7 Å². The second-order valence-electron chi connectivity index (χ2n) is 20.1. The molecular formula is C68H54N4. The van der Waals surface area contributed by atoms with Crippen molar-refractivity contribution in [3.8, 4) is 73.1 Å². The van der Waals surface area contributed by atoms with Crippen molar-refractivity contribution in [3.63, 3.8) is 0 Å². The zero-order chi connectivity index (χ0) is 49.5. The summed E-state index contributed by atoms with van der Waals surface area (Å²) in [5.74, 6) is 0. The minimum absolute atomic E-state index is 0.592. The van der Waals surface area contributed by atoms with Crippen LogP contribution in [0.3, 0.4) is 0 Å². The van der Waals surface area contributed by atoms with Crippen LogP contribution in [0.2, 0.25) is 0 Å². The standard InChI is InChI=1S/C68H54N4/c1-40-12-20-54(44(5)28-40)49-16-24-58-59-25-17-50(55-21-13-41(2)29-45(55)6)34-63(59)71(62(58)33-49)66-38-70-39-67(68(66)53-11-9-10-48(32-53)37-69)72-64-35-51(56-22-14-42(3)30-46(56)7)18-26-60(64)61-27-19-52(36-65(61)72)57-23-15-43(4)31-47(57)8/h9-36,38-39H,1-8H3. The molecule has 0 aliphatic rings. The lowest BCUT2D eigenvalue weighted by molar-refractivity contribution is 1.09. The molecular weight excluding hydrogens is 873 g/mol. The third-order valence-corrected chi connectivity index (χ3v) is 15.0. The molecule has 12 rings (SSSR count). The van der Waals surface area contributed by atoms with Gasteiger partial charge in [0.25, 0.3) is 0 Å². The lowest BCUT2D eigenvalue weighted by atomic mass is 9.96. The van der Waals surface area contributed by atoms with E-state index < -0.39 is 0 Å². The number of nitrogens with zero attached hydrogens (tertiary/aromatic N) is 4. The summed E-state index contributed by atoms with van der Waals surface area (Å²) in [6.07, 6.45) is 4.06. The molecule has 0 saturated heterocycles. The fourth-order valence-corrected chi connectivity index (χ4v) is 11.6. The number of hydrogen-bond acceptors (Lipinski definition) is 2. The molecule has 0 radical (unpaired) electrons. The number of nitriles is 1. The first-order valence-corrected chi connectivity index (χ1v) is 24.9. The van der Waals surface area contributed by atoms with E-state index in [4.69, 9.17) is 4.98 Å². The third kappa shape index (κ3) is 7.40. The highest BCUT2D eigenvalue weighted by atomic mass is 15.0. The Morgan fingerprint density at radius 1 is 0.347 bits per heavy atom. The topological polar surface area (TPSA) is 46.5 Å². The van der Waals surface area contributed by atoms with Crippen LogP contribution in [0.5, 0.6) is 0 Å². The summed E-state index contributed by atoms with van der Waals surface area (Å²) >= 11 is 0. The van der Waals surface area contributed by atoms with Crippen molar-refractivity contribution in [1.29, 1.82) is 5.26 Å². The molecule has 4 heteroatoms. The van der Waals surface area contributed by atoms with Crippen molar-refractivity contribution in [2.75, 3.05) is 0 Å². The van der Waals surface area contributed by atoms with Crippen molar-refractivity contribution in [1.82, 2.24) is 14.1 Å². The highest BCUT2D eigenvalue weighted by Gasteiger charge is 2.25. The first-order valence-electron chi connectivity index (χ1n) is 24.9. The lowest BCUT2D eigenvalue weighted by Gasteiger charge is -2.20. The van der Waals surface area contributed by atoms with Crippen molar-refractivity contribution in [3.05, 3.63) is 232 Å². The van der Waals surface area contributed by atoms with Gasteiger partial charge in [-0.3, -0.25) is 4.98 Å². The van der Waals surface area contributed by atoms with Crippen LogP contribution >= 0.6 is 0 Å². The summed E-state index contributed by atoms with van der Waals surface area (Å²) in [6, 6.07) is 65.1. The molecule has 0 saturated carbocycles. The number of aryl methyl sites for hydroxylation is 8. The lowest BCUT2D eigenvalue weighted by Crippen LogP contribution is -2.05. The number of benzene rings is 9. The predicted octanol–water partition coefficient (Wildman–Crippen LogP) is 17.9. The van der Waals surface area contributed by atoms with Crippen LogP contribution in [0.15, 0.2) is 182 Å². The number of aromatic nitrogens is 3. The molecule has 3 aromatic heterocycles. The summed E-state index contributed by atoms with van der Waals surface area (Å²) < 4.78 is 4.87. The second-order valence-corrected chi connectivity index (χ2v) is 20.1. The molecule has 346 valence electrons. The fourth-order valence-electron chi connectivity index (χ4n) is 11.6. The van der Waals surface area contributed by atoms with Crippen LogP contribution in [0.1, 0.15) is 50.1 Å². The monoisotopic (exact) mass is 926 g/mol. The zero-order valence-electron chi connectivity index (χ0n) is 42.1. The Hall–Kier alpha value is -8.78. The van der Waals surface area contributed by atoms with E-state index in [0.29, 0.717) is 5.56 Å². The van der Waals surface area contributed by atoms with Gasteiger partial charge in [0.2, 0.25) is 0 Å². The van der Waals surface area contributed by atoms with Gasteiger partial charge in [0.05, 0.1) is 57.5 Å². The quantitative estimate of drug-likeness (QED) is 0.160. The van der Waals surface area contributed by atoms with Gasteiger partial charge in [0, 0.05) is 27.1 Å². The van der Waals surface area contributed by atoms with Gasteiger partial charge in [-0.15, -0.1) is 0 Å². The van der Waals surface area contributed by atoms with Gasteiger partial charge in [-0.2, -0.15) is 5.26 Å². The van der Waals surface area contributed by atoms with Crippen LogP contribution in [-0.4, -0.2) is 14.1 Å². The largest absolute Gasteiger partial charge is 0.307 e. The Morgan fingerprint density at radius 3 is 0.986 bits per heavy atom. The zero-order valence-corrected chi connectivity index (χ0v) is 42.1. The van der Waals surface area contributed by atoms with Crippen molar-refractivity contribution < 1.29 is 0 Å². The molecule has 0 spiro atoms. The summed E-state index contributed by atoms with van der Waals surface area (Å²) in [6.45, 7) is 17.4. The van der Waals surface area contributed by atoms with Gasteiger partial charge < -0.3 is 9.13 Å². The molecule has 0 fully saturated rings.